The molecule has 0 radical (unpaired) electrons. The Balaban J connectivity index is 3.10. The first-order valence-corrected chi connectivity index (χ1v) is 6.32. The second kappa shape index (κ2) is 5.57. The molecule has 1 aromatic rings. The van der Waals surface area contributed by atoms with E-state index in [4.69, 9.17) is 9.29 Å². The normalized spacial score (nSPS) is 12.2. The molecule has 1 unspecified atom stereocenters. The number of hydrogen-bond acceptors (Lipinski definition) is 3. The lowest BCUT2D eigenvalue weighted by Crippen LogP contribution is -2.07. The van der Waals surface area contributed by atoms with E-state index in [0.717, 1.165) is 0 Å². The third-order valence-electron chi connectivity index (χ3n) is 1.63. The van der Waals surface area contributed by atoms with Crippen molar-refractivity contribution in [2.75, 3.05) is 6.61 Å². The highest BCUT2D eigenvalue weighted by molar-refractivity contribution is 14.1. The highest BCUT2D eigenvalue weighted by atomic mass is 127. The van der Waals surface area contributed by atoms with Crippen LogP contribution in [0.3, 0.4) is 0 Å². The van der Waals surface area contributed by atoms with Crippen LogP contribution < -0.4 is 0 Å². The Morgan fingerprint density at radius 3 is 2.80 bits per heavy atom. The Hall–Kier alpha value is -0.470. The van der Waals surface area contributed by atoms with Crippen LogP contribution in [-0.2, 0) is 15.8 Å². The van der Waals surface area contributed by atoms with Crippen LogP contribution in [0.1, 0.15) is 17.3 Å². The summed E-state index contributed by atoms with van der Waals surface area (Å²) >= 11 is -0.105. The predicted octanol–water partition coefficient (Wildman–Crippen LogP) is 2.05. The van der Waals surface area contributed by atoms with Crippen LogP contribution in [0.25, 0.3) is 0 Å². The minimum atomic E-state index is -2.08. The molecule has 0 aliphatic rings. The monoisotopic (exact) mass is 340 g/mol. The molecule has 0 bridgehead atoms. The van der Waals surface area contributed by atoms with Gasteiger partial charge in [-0.05, 0) is 47.7 Å². The summed E-state index contributed by atoms with van der Waals surface area (Å²) in [5.74, 6) is -0.478. The van der Waals surface area contributed by atoms with Gasteiger partial charge in [0.05, 0.1) is 17.1 Å². The van der Waals surface area contributed by atoms with Gasteiger partial charge in [-0.3, -0.25) is 0 Å². The number of halogens is 1. The van der Waals surface area contributed by atoms with Crippen molar-refractivity contribution in [1.82, 2.24) is 0 Å². The third kappa shape index (κ3) is 3.25. The number of hydrogen-bond donors (Lipinski definition) is 1. The SMILES string of the molecule is CCOC(=O)c1cc(S(=O)O)ccc1I. The van der Waals surface area contributed by atoms with Crippen molar-refractivity contribution in [2.24, 2.45) is 0 Å². The molecule has 15 heavy (non-hydrogen) atoms. The fourth-order valence-corrected chi connectivity index (χ4v) is 1.94. The second-order valence-electron chi connectivity index (χ2n) is 2.61. The first kappa shape index (κ1) is 12.6. The van der Waals surface area contributed by atoms with Crippen molar-refractivity contribution in [2.45, 2.75) is 11.8 Å². The van der Waals surface area contributed by atoms with Gasteiger partial charge < -0.3 is 9.29 Å². The average Bonchev–Trinajstić information content (AvgIpc) is 2.18. The quantitative estimate of drug-likeness (QED) is 0.520. The molecule has 0 heterocycles. The molecule has 1 N–H and O–H groups in total. The molecule has 0 saturated heterocycles. The predicted molar refractivity (Wildman–Crippen MR) is 64.2 cm³/mol. The van der Waals surface area contributed by atoms with Crippen LogP contribution in [0.15, 0.2) is 23.1 Å². The minimum Gasteiger partial charge on any atom is -0.462 e. The molecule has 0 amide bonds. The molecule has 0 aliphatic heterocycles. The number of carbonyl (C=O) groups excluding carboxylic acids is 1. The van der Waals surface area contributed by atoms with E-state index in [0.29, 0.717) is 9.13 Å². The van der Waals surface area contributed by atoms with Crippen molar-refractivity contribution in [3.05, 3.63) is 27.3 Å². The highest BCUT2D eigenvalue weighted by Gasteiger charge is 2.13. The van der Waals surface area contributed by atoms with E-state index >= 15 is 0 Å². The van der Waals surface area contributed by atoms with Crippen molar-refractivity contribution < 1.29 is 18.3 Å². The first-order valence-electron chi connectivity index (χ1n) is 4.13. The third-order valence-corrected chi connectivity index (χ3v) is 3.23. The molecule has 4 nitrogen and oxygen atoms in total. The van der Waals surface area contributed by atoms with Gasteiger partial charge >= 0.3 is 5.97 Å². The summed E-state index contributed by atoms with van der Waals surface area (Å²) in [6.45, 7) is 1.99. The van der Waals surface area contributed by atoms with E-state index < -0.39 is 17.0 Å². The fourth-order valence-electron chi connectivity index (χ4n) is 0.978. The van der Waals surface area contributed by atoms with Crippen LogP contribution in [0.5, 0.6) is 0 Å². The van der Waals surface area contributed by atoms with Crippen LogP contribution in [0.2, 0.25) is 0 Å². The van der Waals surface area contributed by atoms with E-state index in [1.807, 2.05) is 22.6 Å². The van der Waals surface area contributed by atoms with Gasteiger partial charge in [0.1, 0.15) is 0 Å². The van der Waals surface area contributed by atoms with Crippen molar-refractivity contribution in [1.29, 1.82) is 0 Å². The Kier molecular flexibility index (Phi) is 4.68. The maximum absolute atomic E-state index is 11.4. The smallest absolute Gasteiger partial charge is 0.339 e. The van der Waals surface area contributed by atoms with Gasteiger partial charge in [0.15, 0.2) is 11.1 Å². The molecular formula is C9H9IO4S. The lowest BCUT2D eigenvalue weighted by Gasteiger charge is -2.05. The Labute approximate surface area is 103 Å². The van der Waals surface area contributed by atoms with Crippen molar-refractivity contribution in [3.8, 4) is 0 Å². The molecule has 0 aliphatic carbocycles. The van der Waals surface area contributed by atoms with Crippen LogP contribution in [-0.4, -0.2) is 21.3 Å². The summed E-state index contributed by atoms with van der Waals surface area (Å²) in [6.07, 6.45) is 0. The van der Waals surface area contributed by atoms with Crippen LogP contribution in [0.4, 0.5) is 0 Å². The summed E-state index contributed by atoms with van der Waals surface area (Å²) in [5.41, 5.74) is 0.317. The van der Waals surface area contributed by atoms with Gasteiger partial charge in [0, 0.05) is 3.57 Å². The van der Waals surface area contributed by atoms with Crippen LogP contribution in [0, 0.1) is 3.57 Å². The Morgan fingerprint density at radius 1 is 1.60 bits per heavy atom. The molecular weight excluding hydrogens is 331 g/mol. The highest BCUT2D eigenvalue weighted by Crippen LogP contribution is 2.17. The van der Waals surface area contributed by atoms with Gasteiger partial charge in [-0.25, -0.2) is 9.00 Å². The molecule has 0 saturated carbocycles. The number of benzene rings is 1. The molecule has 0 aromatic heterocycles. The fraction of sp³-hybridized carbons (Fsp3) is 0.222. The Morgan fingerprint density at radius 2 is 2.27 bits per heavy atom. The minimum absolute atomic E-state index is 0.193. The summed E-state index contributed by atoms with van der Waals surface area (Å²) in [7, 11) is 0. The van der Waals surface area contributed by atoms with Gasteiger partial charge in [0.25, 0.3) is 0 Å². The lowest BCUT2D eigenvalue weighted by atomic mass is 10.2. The molecule has 1 atom stereocenters. The summed E-state index contributed by atoms with van der Waals surface area (Å²) in [4.78, 5) is 11.6. The standard InChI is InChI=1S/C9H9IO4S/c1-2-14-9(11)7-5-6(15(12)13)3-4-8(7)10/h3-5H,2H2,1H3,(H,12,13). The summed E-state index contributed by atoms with van der Waals surface area (Å²) < 4.78 is 25.2. The Bertz CT molecular complexity index is 405. The van der Waals surface area contributed by atoms with E-state index in [9.17, 15) is 9.00 Å². The largest absolute Gasteiger partial charge is 0.462 e. The van der Waals surface area contributed by atoms with Crippen molar-refractivity contribution >= 4 is 39.6 Å². The lowest BCUT2D eigenvalue weighted by molar-refractivity contribution is 0.0525. The van der Waals surface area contributed by atoms with E-state index in [1.54, 1.807) is 13.0 Å². The topological polar surface area (TPSA) is 63.6 Å². The number of ether oxygens (including phenoxy) is 1. The molecule has 82 valence electrons. The summed E-state index contributed by atoms with van der Waals surface area (Å²) in [5, 5.41) is 0. The van der Waals surface area contributed by atoms with Gasteiger partial charge in [-0.2, -0.15) is 0 Å². The molecule has 1 aromatic carbocycles. The van der Waals surface area contributed by atoms with E-state index in [-0.39, 0.29) is 11.5 Å². The van der Waals surface area contributed by atoms with Crippen LogP contribution >= 0.6 is 22.6 Å². The van der Waals surface area contributed by atoms with Gasteiger partial charge in [-0.1, -0.05) is 0 Å². The second-order valence-corrected chi connectivity index (χ2v) is 4.74. The number of rotatable bonds is 3. The molecule has 0 fully saturated rings. The number of esters is 1. The molecule has 1 rings (SSSR count). The zero-order valence-corrected chi connectivity index (χ0v) is 10.9. The first-order chi connectivity index (χ1) is 7.06. The maximum Gasteiger partial charge on any atom is 0.339 e. The maximum atomic E-state index is 11.4. The summed E-state index contributed by atoms with van der Waals surface area (Å²) in [6, 6.07) is 4.48. The van der Waals surface area contributed by atoms with Gasteiger partial charge in [0.2, 0.25) is 0 Å². The zero-order valence-electron chi connectivity index (χ0n) is 7.90. The van der Waals surface area contributed by atoms with E-state index in [1.165, 1.54) is 12.1 Å². The van der Waals surface area contributed by atoms with Crippen molar-refractivity contribution in [3.63, 3.8) is 0 Å². The van der Waals surface area contributed by atoms with Gasteiger partial charge in [-0.15, -0.1) is 0 Å². The zero-order chi connectivity index (χ0) is 11.4. The van der Waals surface area contributed by atoms with E-state index in [2.05, 4.69) is 0 Å². The molecule has 0 spiro atoms. The molecule has 6 heteroatoms. The number of carbonyl (C=O) groups is 1. The average molecular weight is 340 g/mol.